The van der Waals surface area contributed by atoms with Crippen LogP contribution < -0.4 is 9.47 Å². The Labute approximate surface area is 212 Å². The first-order valence-electron chi connectivity index (χ1n) is 9.57. The smallest absolute Gasteiger partial charge is 0.363 e. The summed E-state index contributed by atoms with van der Waals surface area (Å²) in [6.45, 7) is 0.174. The molecule has 3 aromatic rings. The van der Waals surface area contributed by atoms with Crippen LogP contribution >= 0.6 is 45.8 Å². The maximum absolute atomic E-state index is 13.1. The highest BCUT2D eigenvalue weighted by atomic mass is 127. The maximum atomic E-state index is 13.1. The first kappa shape index (κ1) is 23.5. The van der Waals surface area contributed by atoms with Gasteiger partial charge in [0.15, 0.2) is 17.2 Å². The molecular weight excluding hydrogens is 583 g/mol. The first-order valence-corrected chi connectivity index (χ1v) is 11.4. The van der Waals surface area contributed by atoms with E-state index >= 15 is 0 Å². The van der Waals surface area contributed by atoms with Crippen LogP contribution in [0.3, 0.4) is 0 Å². The van der Waals surface area contributed by atoms with Crippen molar-refractivity contribution in [1.82, 2.24) is 0 Å². The van der Waals surface area contributed by atoms with Gasteiger partial charge >= 0.3 is 5.97 Å². The Bertz CT molecular complexity index is 1290. The van der Waals surface area contributed by atoms with Crippen molar-refractivity contribution in [2.24, 2.45) is 4.99 Å². The molecule has 5 nitrogen and oxygen atoms in total. The highest BCUT2D eigenvalue weighted by Crippen LogP contribution is 2.38. The molecule has 0 N–H and O–H groups in total. The lowest BCUT2D eigenvalue weighted by Gasteiger charge is -2.13. The molecule has 0 amide bonds. The molecule has 0 bridgehead atoms. The molecule has 0 saturated carbocycles. The fraction of sp³-hybridized carbons (Fsp3) is 0.0833. The van der Waals surface area contributed by atoms with Gasteiger partial charge in [0.05, 0.1) is 22.7 Å². The Morgan fingerprint density at radius 1 is 1.09 bits per heavy atom. The third kappa shape index (κ3) is 5.48. The van der Waals surface area contributed by atoms with E-state index in [-0.39, 0.29) is 29.0 Å². The van der Waals surface area contributed by atoms with E-state index in [0.717, 1.165) is 9.13 Å². The van der Waals surface area contributed by atoms with Crippen LogP contribution in [0.4, 0.5) is 4.39 Å². The number of benzene rings is 3. The third-order valence-electron chi connectivity index (χ3n) is 4.63. The van der Waals surface area contributed by atoms with Gasteiger partial charge in [-0.25, -0.2) is 14.2 Å². The Morgan fingerprint density at radius 2 is 1.85 bits per heavy atom. The minimum atomic E-state index is -0.605. The van der Waals surface area contributed by atoms with Gasteiger partial charge in [0.2, 0.25) is 5.90 Å². The van der Waals surface area contributed by atoms with E-state index in [1.54, 1.807) is 36.4 Å². The molecule has 0 aliphatic carbocycles. The summed E-state index contributed by atoms with van der Waals surface area (Å²) < 4.78 is 30.5. The second kappa shape index (κ2) is 10.1. The highest BCUT2D eigenvalue weighted by molar-refractivity contribution is 14.1. The second-order valence-electron chi connectivity index (χ2n) is 6.91. The van der Waals surface area contributed by atoms with Crippen molar-refractivity contribution in [3.8, 4) is 11.5 Å². The average molecular weight is 598 g/mol. The van der Waals surface area contributed by atoms with Gasteiger partial charge in [0, 0.05) is 3.57 Å². The minimum absolute atomic E-state index is 0.0954. The quantitative estimate of drug-likeness (QED) is 0.181. The van der Waals surface area contributed by atoms with Crippen molar-refractivity contribution in [3.63, 3.8) is 0 Å². The third-order valence-corrected chi connectivity index (χ3v) is 5.91. The minimum Gasteiger partial charge on any atom is -0.493 e. The number of carbonyl (C=O) groups is 1. The van der Waals surface area contributed by atoms with Crippen LogP contribution in [0.5, 0.6) is 11.5 Å². The van der Waals surface area contributed by atoms with Gasteiger partial charge in [0.25, 0.3) is 0 Å². The largest absolute Gasteiger partial charge is 0.493 e. The number of aliphatic imine (C=N–C) groups is 1. The van der Waals surface area contributed by atoms with Crippen LogP contribution in [0.1, 0.15) is 16.7 Å². The fourth-order valence-electron chi connectivity index (χ4n) is 3.04. The molecule has 9 heteroatoms. The normalized spacial score (nSPS) is 14.3. The molecule has 0 radical (unpaired) electrons. The predicted molar refractivity (Wildman–Crippen MR) is 134 cm³/mol. The number of hydrogen-bond acceptors (Lipinski definition) is 5. The lowest BCUT2D eigenvalue weighted by atomic mass is 10.1. The Kier molecular flexibility index (Phi) is 7.21. The number of hydrogen-bond donors (Lipinski definition) is 0. The van der Waals surface area contributed by atoms with Crippen LogP contribution in [-0.4, -0.2) is 19.0 Å². The van der Waals surface area contributed by atoms with E-state index in [9.17, 15) is 9.18 Å². The van der Waals surface area contributed by atoms with E-state index in [0.29, 0.717) is 27.6 Å². The molecule has 4 rings (SSSR count). The van der Waals surface area contributed by atoms with Gasteiger partial charge in [-0.05, 0) is 82.3 Å². The fourth-order valence-corrected chi connectivity index (χ4v) is 4.01. The zero-order valence-corrected chi connectivity index (χ0v) is 20.7. The van der Waals surface area contributed by atoms with E-state index in [1.807, 2.05) is 6.07 Å². The summed E-state index contributed by atoms with van der Waals surface area (Å²) in [4.78, 5) is 16.7. The number of methoxy groups -OCH3 is 1. The second-order valence-corrected chi connectivity index (χ2v) is 8.97. The molecule has 0 spiro atoms. The van der Waals surface area contributed by atoms with E-state index in [1.165, 1.54) is 25.3 Å². The molecule has 0 fully saturated rings. The van der Waals surface area contributed by atoms with E-state index in [2.05, 4.69) is 27.6 Å². The van der Waals surface area contributed by atoms with Gasteiger partial charge in [0.1, 0.15) is 12.4 Å². The number of cyclic esters (lactones) is 1. The number of carbonyl (C=O) groups excluding carboxylic acids is 1. The molecule has 0 aromatic heterocycles. The SMILES string of the molecule is COc1cc(/C=C2\N=C(c3cc(I)ccc3Cl)OC2=O)cc(Cl)c1OCc1ccc(F)cc1. The summed E-state index contributed by atoms with van der Waals surface area (Å²) >= 11 is 14.8. The standard InChI is InChI=1S/C24H15Cl2FINO4/c1-31-21-10-14(8-19(26)22(21)32-12-13-2-4-15(27)5-3-13)9-20-24(30)33-23(29-20)17-11-16(28)6-7-18(17)25/h2-11H,12H2,1H3/b20-9-. The van der Waals surface area contributed by atoms with Crippen molar-refractivity contribution in [2.45, 2.75) is 6.61 Å². The van der Waals surface area contributed by atoms with Crippen LogP contribution in [-0.2, 0) is 16.1 Å². The molecule has 0 unspecified atom stereocenters. The molecule has 1 aliphatic rings. The first-order chi connectivity index (χ1) is 15.8. The van der Waals surface area contributed by atoms with Gasteiger partial charge in [-0.15, -0.1) is 0 Å². The molecule has 0 saturated heterocycles. The van der Waals surface area contributed by atoms with Crippen molar-refractivity contribution in [1.29, 1.82) is 0 Å². The van der Waals surface area contributed by atoms with Crippen molar-refractivity contribution in [3.05, 3.63) is 96.4 Å². The molecule has 168 valence electrons. The maximum Gasteiger partial charge on any atom is 0.363 e. The molecule has 1 aliphatic heterocycles. The zero-order valence-electron chi connectivity index (χ0n) is 17.1. The van der Waals surface area contributed by atoms with Gasteiger partial charge in [-0.2, -0.15) is 0 Å². The van der Waals surface area contributed by atoms with Gasteiger partial charge < -0.3 is 14.2 Å². The zero-order chi connectivity index (χ0) is 23.5. The average Bonchev–Trinajstić information content (AvgIpc) is 3.15. The number of esters is 1. The van der Waals surface area contributed by atoms with Crippen molar-refractivity contribution in [2.75, 3.05) is 7.11 Å². The molecular formula is C24H15Cl2FINO4. The van der Waals surface area contributed by atoms with Crippen LogP contribution in [0.2, 0.25) is 10.0 Å². The monoisotopic (exact) mass is 597 g/mol. The summed E-state index contributed by atoms with van der Waals surface area (Å²) in [5.41, 5.74) is 1.96. The lowest BCUT2D eigenvalue weighted by molar-refractivity contribution is -0.129. The van der Waals surface area contributed by atoms with E-state index in [4.69, 9.17) is 37.4 Å². The van der Waals surface area contributed by atoms with Gasteiger partial charge in [-0.1, -0.05) is 35.3 Å². The molecule has 0 atom stereocenters. The van der Waals surface area contributed by atoms with Gasteiger partial charge in [-0.3, -0.25) is 0 Å². The van der Waals surface area contributed by atoms with Crippen LogP contribution in [0.15, 0.2) is 65.3 Å². The molecule has 3 aromatic carbocycles. The summed E-state index contributed by atoms with van der Waals surface area (Å²) in [7, 11) is 1.48. The van der Waals surface area contributed by atoms with Crippen molar-refractivity contribution < 1.29 is 23.4 Å². The molecule has 33 heavy (non-hydrogen) atoms. The molecule has 1 heterocycles. The summed E-state index contributed by atoms with van der Waals surface area (Å²) in [6.07, 6.45) is 1.54. The number of rotatable bonds is 6. The Balaban J connectivity index is 1.60. The topological polar surface area (TPSA) is 57.1 Å². The predicted octanol–water partition coefficient (Wildman–Crippen LogP) is 6.67. The summed E-state index contributed by atoms with van der Waals surface area (Å²) in [6, 6.07) is 14.6. The number of halogens is 4. The van der Waals surface area contributed by atoms with Crippen LogP contribution in [0, 0.1) is 9.39 Å². The number of nitrogens with zero attached hydrogens (tertiary/aromatic N) is 1. The Hall–Kier alpha value is -2.62. The van der Waals surface area contributed by atoms with E-state index < -0.39 is 5.97 Å². The number of ether oxygens (including phenoxy) is 3. The van der Waals surface area contributed by atoms with Crippen molar-refractivity contribution >= 4 is 63.7 Å². The summed E-state index contributed by atoms with van der Waals surface area (Å²) in [5.74, 6) is -0.104. The highest BCUT2D eigenvalue weighted by Gasteiger charge is 2.26. The Morgan fingerprint density at radius 3 is 2.58 bits per heavy atom. The van der Waals surface area contributed by atoms with Crippen LogP contribution in [0.25, 0.3) is 6.08 Å². The lowest BCUT2D eigenvalue weighted by Crippen LogP contribution is -2.06. The summed E-state index contributed by atoms with van der Waals surface area (Å²) in [5, 5.41) is 0.704.